The highest BCUT2D eigenvalue weighted by Gasteiger charge is 2.34. The van der Waals surface area contributed by atoms with E-state index in [0.717, 1.165) is 36.3 Å². The lowest BCUT2D eigenvalue weighted by atomic mass is 9.97. The zero-order chi connectivity index (χ0) is 11.8. The molecule has 4 heteroatoms. The molecule has 1 fully saturated rings. The Morgan fingerprint density at radius 1 is 1.41 bits per heavy atom. The highest BCUT2D eigenvalue weighted by atomic mass is 35.5. The van der Waals surface area contributed by atoms with Crippen LogP contribution in [0.4, 0.5) is 11.4 Å². The van der Waals surface area contributed by atoms with Gasteiger partial charge in [0.05, 0.1) is 11.4 Å². The summed E-state index contributed by atoms with van der Waals surface area (Å²) in [5.41, 5.74) is 3.09. The third kappa shape index (κ3) is 1.78. The van der Waals surface area contributed by atoms with Crippen molar-refractivity contribution < 1.29 is 4.79 Å². The molecule has 2 aliphatic rings. The van der Waals surface area contributed by atoms with Gasteiger partial charge in [-0.15, -0.1) is 11.6 Å². The molecule has 0 saturated carbocycles. The minimum absolute atomic E-state index is 0.0260. The van der Waals surface area contributed by atoms with Crippen LogP contribution in [0.25, 0.3) is 0 Å². The molecule has 1 amide bonds. The Balaban J connectivity index is 2.02. The van der Waals surface area contributed by atoms with Crippen LogP contribution in [-0.4, -0.2) is 18.5 Å². The van der Waals surface area contributed by atoms with Crippen LogP contribution in [0.2, 0.25) is 0 Å². The van der Waals surface area contributed by atoms with Crippen LogP contribution in [0, 0.1) is 0 Å². The predicted molar refractivity (Wildman–Crippen MR) is 69.6 cm³/mol. The molecule has 2 heterocycles. The van der Waals surface area contributed by atoms with Crippen molar-refractivity contribution in [3.63, 3.8) is 0 Å². The molecule has 1 saturated heterocycles. The van der Waals surface area contributed by atoms with E-state index in [2.05, 4.69) is 16.3 Å². The van der Waals surface area contributed by atoms with Gasteiger partial charge in [-0.1, -0.05) is 6.07 Å². The van der Waals surface area contributed by atoms with Crippen LogP contribution in [0.3, 0.4) is 0 Å². The van der Waals surface area contributed by atoms with E-state index in [1.165, 1.54) is 6.42 Å². The van der Waals surface area contributed by atoms with E-state index in [1.807, 2.05) is 12.1 Å². The number of hydrogen-bond donors (Lipinski definition) is 1. The van der Waals surface area contributed by atoms with Gasteiger partial charge < -0.3 is 10.2 Å². The number of rotatable bonds is 1. The van der Waals surface area contributed by atoms with Gasteiger partial charge in [0.1, 0.15) is 6.04 Å². The minimum atomic E-state index is 0.0260. The molecule has 0 spiro atoms. The number of nitrogens with zero attached hydrogens (tertiary/aromatic N) is 1. The van der Waals surface area contributed by atoms with E-state index in [-0.39, 0.29) is 11.9 Å². The summed E-state index contributed by atoms with van der Waals surface area (Å²) in [6.07, 6.45) is 3.27. The van der Waals surface area contributed by atoms with E-state index in [4.69, 9.17) is 11.6 Å². The lowest BCUT2D eigenvalue weighted by Crippen LogP contribution is -2.50. The van der Waals surface area contributed by atoms with Crippen LogP contribution in [0.5, 0.6) is 0 Å². The summed E-state index contributed by atoms with van der Waals surface area (Å²) in [5, 5.41) is 2.99. The van der Waals surface area contributed by atoms with Crippen LogP contribution in [0.15, 0.2) is 18.2 Å². The van der Waals surface area contributed by atoms with E-state index in [0.29, 0.717) is 5.88 Å². The Morgan fingerprint density at radius 2 is 2.29 bits per heavy atom. The molecule has 0 bridgehead atoms. The van der Waals surface area contributed by atoms with Crippen LogP contribution < -0.4 is 10.2 Å². The second-order valence-electron chi connectivity index (χ2n) is 4.68. The summed E-state index contributed by atoms with van der Waals surface area (Å²) < 4.78 is 0. The molecular weight excluding hydrogens is 236 g/mol. The molecule has 1 N–H and O–H groups in total. The van der Waals surface area contributed by atoms with Crippen molar-refractivity contribution in [2.24, 2.45) is 0 Å². The first-order valence-electron chi connectivity index (χ1n) is 6.06. The van der Waals surface area contributed by atoms with E-state index >= 15 is 0 Å². The maximum atomic E-state index is 12.0. The number of nitrogens with one attached hydrogen (secondary N) is 1. The first-order valence-corrected chi connectivity index (χ1v) is 6.59. The van der Waals surface area contributed by atoms with Crippen LogP contribution in [0.1, 0.15) is 24.8 Å². The molecule has 1 aromatic carbocycles. The van der Waals surface area contributed by atoms with E-state index in [1.54, 1.807) is 0 Å². The number of alkyl halides is 1. The summed E-state index contributed by atoms with van der Waals surface area (Å²) in [6, 6.07) is 6.11. The Hall–Kier alpha value is -1.22. The van der Waals surface area contributed by atoms with Crippen molar-refractivity contribution in [1.29, 1.82) is 0 Å². The summed E-state index contributed by atoms with van der Waals surface area (Å²) in [5.74, 6) is 0.607. The summed E-state index contributed by atoms with van der Waals surface area (Å²) >= 11 is 5.82. The van der Waals surface area contributed by atoms with Gasteiger partial charge in [-0.3, -0.25) is 4.79 Å². The van der Waals surface area contributed by atoms with Gasteiger partial charge in [0, 0.05) is 12.4 Å². The highest BCUT2D eigenvalue weighted by molar-refractivity contribution is 6.17. The van der Waals surface area contributed by atoms with Crippen molar-refractivity contribution in [3.05, 3.63) is 23.8 Å². The zero-order valence-corrected chi connectivity index (χ0v) is 10.3. The molecule has 17 heavy (non-hydrogen) atoms. The van der Waals surface area contributed by atoms with Gasteiger partial charge in [0.15, 0.2) is 0 Å². The fourth-order valence-corrected chi connectivity index (χ4v) is 2.89. The van der Waals surface area contributed by atoms with Crippen LogP contribution >= 0.6 is 11.6 Å². The van der Waals surface area contributed by atoms with Crippen molar-refractivity contribution in [3.8, 4) is 0 Å². The molecule has 2 aliphatic heterocycles. The normalized spacial score (nSPS) is 22.8. The Bertz CT molecular complexity index is 461. The molecule has 0 radical (unpaired) electrons. The predicted octanol–water partition coefficient (Wildman–Crippen LogP) is 2.74. The highest BCUT2D eigenvalue weighted by Crippen LogP contribution is 2.36. The van der Waals surface area contributed by atoms with Gasteiger partial charge >= 0.3 is 0 Å². The Morgan fingerprint density at radius 3 is 3.12 bits per heavy atom. The second kappa shape index (κ2) is 4.22. The van der Waals surface area contributed by atoms with Gasteiger partial charge in [-0.25, -0.2) is 0 Å². The van der Waals surface area contributed by atoms with E-state index in [9.17, 15) is 4.79 Å². The number of halogens is 1. The van der Waals surface area contributed by atoms with Gasteiger partial charge in [-0.2, -0.15) is 0 Å². The number of carbonyl (C=O) groups is 1. The summed E-state index contributed by atoms with van der Waals surface area (Å²) in [7, 11) is 0. The van der Waals surface area contributed by atoms with Gasteiger partial charge in [-0.05, 0) is 37.0 Å². The molecule has 3 rings (SSSR count). The number of hydrogen-bond acceptors (Lipinski definition) is 2. The monoisotopic (exact) mass is 250 g/mol. The Labute approximate surface area is 106 Å². The van der Waals surface area contributed by atoms with Crippen molar-refractivity contribution in [2.45, 2.75) is 31.2 Å². The molecule has 0 aromatic heterocycles. The molecule has 1 aromatic rings. The SMILES string of the molecule is O=C1Nc2cc(CCl)ccc2N2CCCC[C@@H]12. The lowest BCUT2D eigenvalue weighted by Gasteiger charge is -2.41. The quantitative estimate of drug-likeness (QED) is 0.778. The summed E-state index contributed by atoms with van der Waals surface area (Å²) in [4.78, 5) is 14.2. The molecule has 0 unspecified atom stereocenters. The third-order valence-corrected chi connectivity index (χ3v) is 3.90. The first kappa shape index (κ1) is 10.9. The second-order valence-corrected chi connectivity index (χ2v) is 4.95. The van der Waals surface area contributed by atoms with Gasteiger partial charge in [0.2, 0.25) is 5.91 Å². The fraction of sp³-hybridized carbons (Fsp3) is 0.462. The largest absolute Gasteiger partial charge is 0.358 e. The number of piperidine rings is 1. The fourth-order valence-electron chi connectivity index (χ4n) is 2.73. The Kier molecular flexibility index (Phi) is 2.71. The number of anilines is 2. The number of benzene rings is 1. The summed E-state index contributed by atoms with van der Waals surface area (Å²) in [6.45, 7) is 0.977. The molecule has 1 atom stereocenters. The molecular formula is C13H15ClN2O. The number of carbonyl (C=O) groups excluding carboxylic acids is 1. The minimum Gasteiger partial charge on any atom is -0.358 e. The van der Waals surface area contributed by atoms with Crippen molar-refractivity contribution >= 4 is 28.9 Å². The molecule has 3 nitrogen and oxygen atoms in total. The average Bonchev–Trinajstić information content (AvgIpc) is 2.38. The first-order chi connectivity index (χ1) is 8.29. The maximum absolute atomic E-state index is 12.0. The standard InChI is InChI=1S/C13H15ClN2O/c14-8-9-4-5-11-10(7-9)15-13(17)12-3-1-2-6-16(11)12/h4-5,7,12H,1-3,6,8H2,(H,15,17)/t12-/m0/s1. The topological polar surface area (TPSA) is 32.3 Å². The molecule has 90 valence electrons. The number of amides is 1. The lowest BCUT2D eigenvalue weighted by molar-refractivity contribution is -0.118. The zero-order valence-electron chi connectivity index (χ0n) is 9.58. The average molecular weight is 251 g/mol. The van der Waals surface area contributed by atoms with Crippen molar-refractivity contribution in [1.82, 2.24) is 0 Å². The van der Waals surface area contributed by atoms with Crippen LogP contribution in [-0.2, 0) is 10.7 Å². The van der Waals surface area contributed by atoms with Gasteiger partial charge in [0.25, 0.3) is 0 Å². The van der Waals surface area contributed by atoms with E-state index < -0.39 is 0 Å². The molecule has 0 aliphatic carbocycles. The smallest absolute Gasteiger partial charge is 0.247 e. The number of fused-ring (bicyclic) bond motifs is 3. The third-order valence-electron chi connectivity index (χ3n) is 3.59. The maximum Gasteiger partial charge on any atom is 0.247 e. The van der Waals surface area contributed by atoms with Crippen molar-refractivity contribution in [2.75, 3.05) is 16.8 Å².